The Morgan fingerprint density at radius 1 is 1.46 bits per heavy atom. The first-order chi connectivity index (χ1) is 5.95. The van der Waals surface area contributed by atoms with Gasteiger partial charge in [-0.1, -0.05) is 0 Å². The molecule has 0 aliphatic heterocycles. The summed E-state index contributed by atoms with van der Waals surface area (Å²) in [6.45, 7) is 0. The molecule has 0 amide bonds. The molecule has 1 aromatic rings. The molecule has 0 radical (unpaired) electrons. The van der Waals surface area contributed by atoms with Gasteiger partial charge in [-0.2, -0.15) is 13.2 Å². The molecular weight excluding hydrogens is 187 g/mol. The Morgan fingerprint density at radius 2 is 2.08 bits per heavy atom. The maximum absolute atomic E-state index is 12.0. The van der Waals surface area contributed by atoms with Crippen LogP contribution >= 0.6 is 0 Å². The van der Waals surface area contributed by atoms with E-state index in [4.69, 9.17) is 0 Å². The van der Waals surface area contributed by atoms with Crippen molar-refractivity contribution in [2.24, 2.45) is 0 Å². The van der Waals surface area contributed by atoms with Crippen molar-refractivity contribution >= 4 is 0 Å². The third-order valence-electron chi connectivity index (χ3n) is 1.40. The third-order valence-corrected chi connectivity index (χ3v) is 1.40. The number of ether oxygens (including phenoxy) is 1. The molecule has 72 valence electrons. The second kappa shape index (κ2) is 3.12. The second-order valence-electron chi connectivity index (χ2n) is 2.28. The molecule has 0 unspecified atom stereocenters. The van der Waals surface area contributed by atoms with Crippen molar-refractivity contribution in [1.82, 2.24) is 4.98 Å². The van der Waals surface area contributed by atoms with Crippen molar-refractivity contribution < 1.29 is 17.9 Å². The number of H-pyrrole nitrogens is 1. The van der Waals surface area contributed by atoms with Crippen molar-refractivity contribution in [3.05, 3.63) is 28.2 Å². The number of rotatable bonds is 1. The molecule has 0 bridgehead atoms. The number of halogens is 3. The minimum absolute atomic E-state index is 0.145. The van der Waals surface area contributed by atoms with E-state index in [1.165, 1.54) is 7.11 Å². The average molecular weight is 193 g/mol. The van der Waals surface area contributed by atoms with Gasteiger partial charge in [-0.25, -0.2) is 0 Å². The van der Waals surface area contributed by atoms with E-state index in [1.807, 2.05) is 4.98 Å². The van der Waals surface area contributed by atoms with Crippen LogP contribution in [0.4, 0.5) is 13.2 Å². The average Bonchev–Trinajstić information content (AvgIpc) is 2.02. The minimum Gasteiger partial charge on any atom is -0.491 e. The zero-order valence-electron chi connectivity index (χ0n) is 6.61. The molecule has 0 aliphatic carbocycles. The molecule has 1 N–H and O–H groups in total. The number of hydrogen-bond acceptors (Lipinski definition) is 2. The van der Waals surface area contributed by atoms with Gasteiger partial charge in [0, 0.05) is 12.3 Å². The van der Waals surface area contributed by atoms with E-state index >= 15 is 0 Å². The fourth-order valence-corrected chi connectivity index (χ4v) is 0.781. The van der Waals surface area contributed by atoms with Crippen molar-refractivity contribution in [2.45, 2.75) is 6.18 Å². The summed E-state index contributed by atoms with van der Waals surface area (Å²) >= 11 is 0. The first-order valence-electron chi connectivity index (χ1n) is 3.29. The Morgan fingerprint density at radius 3 is 2.46 bits per heavy atom. The summed E-state index contributed by atoms with van der Waals surface area (Å²) in [5.74, 6) is -0.145. The Bertz CT molecular complexity index is 355. The molecule has 1 rings (SSSR count). The predicted octanol–water partition coefficient (Wildman–Crippen LogP) is 1.40. The van der Waals surface area contributed by atoms with Gasteiger partial charge in [0.25, 0.3) is 0 Å². The third kappa shape index (κ3) is 2.01. The SMILES string of the molecule is COc1c[nH]c(C(F)(F)F)cc1=O. The molecule has 0 fully saturated rings. The lowest BCUT2D eigenvalue weighted by atomic mass is 10.3. The van der Waals surface area contributed by atoms with Crippen LogP contribution in [-0.2, 0) is 6.18 Å². The lowest BCUT2D eigenvalue weighted by Crippen LogP contribution is -2.14. The van der Waals surface area contributed by atoms with Gasteiger partial charge in [0.05, 0.1) is 7.11 Å². The zero-order valence-corrected chi connectivity index (χ0v) is 6.61. The van der Waals surface area contributed by atoms with Crippen LogP contribution in [0.3, 0.4) is 0 Å². The van der Waals surface area contributed by atoms with Crippen molar-refractivity contribution in [1.29, 1.82) is 0 Å². The summed E-state index contributed by atoms with van der Waals surface area (Å²) in [6.07, 6.45) is -3.66. The molecule has 0 saturated heterocycles. The number of methoxy groups -OCH3 is 1. The molecule has 0 spiro atoms. The molecule has 13 heavy (non-hydrogen) atoms. The Labute approximate surface area is 71.2 Å². The normalized spacial score (nSPS) is 11.4. The van der Waals surface area contributed by atoms with Crippen LogP contribution in [0, 0.1) is 0 Å². The first-order valence-corrected chi connectivity index (χ1v) is 3.29. The van der Waals surface area contributed by atoms with Gasteiger partial charge in [-0.15, -0.1) is 0 Å². The number of aromatic amines is 1. The van der Waals surface area contributed by atoms with E-state index in [-0.39, 0.29) is 5.75 Å². The van der Waals surface area contributed by atoms with Crippen LogP contribution in [0.15, 0.2) is 17.1 Å². The summed E-state index contributed by atoms with van der Waals surface area (Å²) in [7, 11) is 1.21. The summed E-state index contributed by atoms with van der Waals surface area (Å²) in [4.78, 5) is 12.8. The highest BCUT2D eigenvalue weighted by Crippen LogP contribution is 2.26. The highest BCUT2D eigenvalue weighted by molar-refractivity contribution is 5.21. The quantitative estimate of drug-likeness (QED) is 0.732. The summed E-state index contributed by atoms with van der Waals surface area (Å²) in [5.41, 5.74) is -1.88. The molecule has 0 aliphatic rings. The number of alkyl halides is 3. The van der Waals surface area contributed by atoms with Gasteiger partial charge in [0.2, 0.25) is 5.43 Å². The highest BCUT2D eigenvalue weighted by Gasteiger charge is 2.32. The number of hydrogen-bond donors (Lipinski definition) is 1. The Balaban J connectivity index is 3.18. The van der Waals surface area contributed by atoms with Crippen molar-refractivity contribution in [3.8, 4) is 5.75 Å². The van der Waals surface area contributed by atoms with Crippen molar-refractivity contribution in [2.75, 3.05) is 7.11 Å². The number of aromatic nitrogens is 1. The van der Waals surface area contributed by atoms with E-state index in [0.717, 1.165) is 6.20 Å². The molecule has 6 heteroatoms. The van der Waals surface area contributed by atoms with E-state index in [0.29, 0.717) is 6.07 Å². The Hall–Kier alpha value is -1.46. The van der Waals surface area contributed by atoms with Gasteiger partial charge < -0.3 is 9.72 Å². The van der Waals surface area contributed by atoms with Crippen molar-refractivity contribution in [3.63, 3.8) is 0 Å². The van der Waals surface area contributed by atoms with Crippen LogP contribution in [-0.4, -0.2) is 12.1 Å². The molecule has 1 heterocycles. The Kier molecular flexibility index (Phi) is 2.31. The van der Waals surface area contributed by atoms with E-state index < -0.39 is 17.3 Å². The van der Waals surface area contributed by atoms with E-state index in [9.17, 15) is 18.0 Å². The maximum atomic E-state index is 12.0. The molecule has 1 aromatic heterocycles. The standard InChI is InChI=1S/C7H6F3NO2/c1-13-5-3-11-6(2-4(5)12)7(8,9)10/h2-3H,1H3,(H,11,12). The van der Waals surface area contributed by atoms with Gasteiger partial charge in [-0.05, 0) is 0 Å². The van der Waals surface area contributed by atoms with Crippen LogP contribution in [0.2, 0.25) is 0 Å². The molecule has 0 atom stereocenters. The highest BCUT2D eigenvalue weighted by atomic mass is 19.4. The van der Waals surface area contributed by atoms with Gasteiger partial charge in [0.1, 0.15) is 5.69 Å². The first kappa shape index (κ1) is 9.63. The zero-order chi connectivity index (χ0) is 10.1. The van der Waals surface area contributed by atoms with Gasteiger partial charge in [0.15, 0.2) is 5.75 Å². The summed E-state index contributed by atoms with van der Waals surface area (Å²) < 4.78 is 40.5. The number of pyridine rings is 1. The van der Waals surface area contributed by atoms with Crippen LogP contribution < -0.4 is 10.2 Å². The second-order valence-corrected chi connectivity index (χ2v) is 2.28. The fraction of sp³-hybridized carbons (Fsp3) is 0.286. The lowest BCUT2D eigenvalue weighted by Gasteiger charge is -2.06. The van der Waals surface area contributed by atoms with Gasteiger partial charge >= 0.3 is 6.18 Å². The topological polar surface area (TPSA) is 42.1 Å². The lowest BCUT2D eigenvalue weighted by molar-refractivity contribution is -0.141. The largest absolute Gasteiger partial charge is 0.491 e. The monoisotopic (exact) mass is 193 g/mol. The number of nitrogens with one attached hydrogen (secondary N) is 1. The van der Waals surface area contributed by atoms with Crippen LogP contribution in [0.5, 0.6) is 5.75 Å². The molecule has 0 aromatic carbocycles. The van der Waals surface area contributed by atoms with Crippen LogP contribution in [0.1, 0.15) is 5.69 Å². The summed E-state index contributed by atoms with van der Waals surface area (Å²) in [5, 5.41) is 0. The maximum Gasteiger partial charge on any atom is 0.431 e. The smallest absolute Gasteiger partial charge is 0.431 e. The fourth-order valence-electron chi connectivity index (χ4n) is 0.781. The minimum atomic E-state index is -4.54. The van der Waals surface area contributed by atoms with Crippen LogP contribution in [0.25, 0.3) is 0 Å². The molecule has 0 saturated carbocycles. The van der Waals surface area contributed by atoms with E-state index in [2.05, 4.69) is 4.74 Å². The summed E-state index contributed by atoms with van der Waals surface area (Å²) in [6, 6.07) is 0.457. The van der Waals surface area contributed by atoms with E-state index in [1.54, 1.807) is 0 Å². The molecular formula is C7H6F3NO2. The molecule has 3 nitrogen and oxygen atoms in total. The predicted molar refractivity (Wildman–Crippen MR) is 38.6 cm³/mol. The van der Waals surface area contributed by atoms with Gasteiger partial charge in [-0.3, -0.25) is 4.79 Å².